The second-order valence-corrected chi connectivity index (χ2v) is 5.68. The van der Waals surface area contributed by atoms with Gasteiger partial charge in [0, 0.05) is 6.54 Å². The number of likely N-dealkylation sites (tertiary alicyclic amines) is 1. The number of β-lactam (4-membered cyclic amide) rings is 1. The van der Waals surface area contributed by atoms with Crippen LogP contribution in [0.25, 0.3) is 0 Å². The highest BCUT2D eigenvalue weighted by Gasteiger charge is 2.57. The molecule has 3 amide bonds. The van der Waals surface area contributed by atoms with Crippen molar-refractivity contribution in [2.75, 3.05) is 13.1 Å². The smallest absolute Gasteiger partial charge is 0.242 e. The number of likely N-dealkylation sites (N-methyl/N-ethyl adjacent to an activating group) is 1. The monoisotopic (exact) mass is 298 g/mol. The molecule has 0 aromatic rings. The fourth-order valence-electron chi connectivity index (χ4n) is 3.25. The summed E-state index contributed by atoms with van der Waals surface area (Å²) < 4.78 is 0. The third-order valence-corrected chi connectivity index (χ3v) is 4.45. The first kappa shape index (κ1) is 15.7. The minimum atomic E-state index is -1.12. The topological polar surface area (TPSA) is 125 Å². The van der Waals surface area contributed by atoms with Crippen LogP contribution in [0.1, 0.15) is 26.7 Å². The van der Waals surface area contributed by atoms with E-state index in [0.717, 1.165) is 0 Å². The number of aliphatic hydroxyl groups excluding tert-OH is 1. The van der Waals surface area contributed by atoms with Crippen LogP contribution in [0.3, 0.4) is 0 Å². The number of nitrogens with zero attached hydrogens (tertiary/aromatic N) is 1. The minimum Gasteiger partial charge on any atom is -0.391 e. The Hall–Kier alpha value is -1.67. The summed E-state index contributed by atoms with van der Waals surface area (Å²) in [6.07, 6.45) is 0.0860. The molecule has 8 heteroatoms. The molecule has 0 radical (unpaired) electrons. The Bertz CT molecular complexity index is 467. The number of carbonyl (C=O) groups is 3. The summed E-state index contributed by atoms with van der Waals surface area (Å²) in [6, 6.07) is -1.61. The van der Waals surface area contributed by atoms with Crippen molar-refractivity contribution in [3.05, 3.63) is 0 Å². The first-order valence-corrected chi connectivity index (χ1v) is 7.16. The standard InChI is InChI=1S/C13H22N4O4/c1-3-17-8(4-5-13(17)6-15-12(13)21)11(20)16-9(7(2)18)10(14)19/h7-9,18H,3-6H2,1-2H3,(H2,14,19)(H,15,21)(H,16,20)/t7-,8?,9+,13?/m1/s1. The Balaban J connectivity index is 2.09. The Morgan fingerprint density at radius 3 is 2.67 bits per heavy atom. The molecule has 8 nitrogen and oxygen atoms in total. The van der Waals surface area contributed by atoms with Crippen LogP contribution in [-0.4, -0.2) is 64.5 Å². The van der Waals surface area contributed by atoms with Gasteiger partial charge in [0.05, 0.1) is 12.1 Å². The molecule has 0 aromatic heterocycles. The van der Waals surface area contributed by atoms with Gasteiger partial charge in [-0.3, -0.25) is 19.3 Å². The van der Waals surface area contributed by atoms with E-state index >= 15 is 0 Å². The van der Waals surface area contributed by atoms with Crippen LogP contribution < -0.4 is 16.4 Å². The lowest BCUT2D eigenvalue weighted by molar-refractivity contribution is -0.144. The number of nitrogens with two attached hydrogens (primary N) is 1. The van der Waals surface area contributed by atoms with Crippen molar-refractivity contribution in [1.29, 1.82) is 0 Å². The average molecular weight is 298 g/mol. The zero-order valence-electron chi connectivity index (χ0n) is 12.3. The molecule has 2 aliphatic rings. The van der Waals surface area contributed by atoms with E-state index in [2.05, 4.69) is 10.6 Å². The number of hydrogen-bond acceptors (Lipinski definition) is 5. The van der Waals surface area contributed by atoms with Crippen LogP contribution in [-0.2, 0) is 14.4 Å². The molecule has 2 unspecified atom stereocenters. The van der Waals surface area contributed by atoms with Gasteiger partial charge in [-0.2, -0.15) is 0 Å². The molecule has 0 bridgehead atoms. The summed E-state index contributed by atoms with van der Waals surface area (Å²) in [5, 5.41) is 14.7. The fourth-order valence-corrected chi connectivity index (χ4v) is 3.25. The highest BCUT2D eigenvalue weighted by Crippen LogP contribution is 2.37. The summed E-state index contributed by atoms with van der Waals surface area (Å²) in [4.78, 5) is 37.3. The highest BCUT2D eigenvalue weighted by atomic mass is 16.3. The van der Waals surface area contributed by atoms with Gasteiger partial charge in [-0.05, 0) is 26.3 Å². The lowest BCUT2D eigenvalue weighted by Crippen LogP contribution is -2.72. The molecule has 0 saturated carbocycles. The molecule has 2 aliphatic heterocycles. The largest absolute Gasteiger partial charge is 0.391 e. The summed E-state index contributed by atoms with van der Waals surface area (Å²) >= 11 is 0. The summed E-state index contributed by atoms with van der Waals surface area (Å²) in [5.41, 5.74) is 4.58. The van der Waals surface area contributed by atoms with Crippen LogP contribution in [0.2, 0.25) is 0 Å². The molecule has 0 aliphatic carbocycles. The van der Waals surface area contributed by atoms with Gasteiger partial charge in [-0.1, -0.05) is 6.92 Å². The van der Waals surface area contributed by atoms with E-state index < -0.39 is 29.6 Å². The van der Waals surface area contributed by atoms with Crippen molar-refractivity contribution >= 4 is 17.7 Å². The molecule has 1 spiro atoms. The van der Waals surface area contributed by atoms with Crippen molar-refractivity contribution in [3.8, 4) is 0 Å². The zero-order chi connectivity index (χ0) is 15.8. The maximum Gasteiger partial charge on any atom is 0.242 e. The Labute approximate surface area is 123 Å². The average Bonchev–Trinajstić information content (AvgIpc) is 2.83. The van der Waals surface area contributed by atoms with Gasteiger partial charge in [0.15, 0.2) is 0 Å². The lowest BCUT2D eigenvalue weighted by atomic mass is 9.88. The van der Waals surface area contributed by atoms with E-state index in [4.69, 9.17) is 5.73 Å². The SMILES string of the molecule is CCN1C(C(=O)N[C@H](C(N)=O)[C@@H](C)O)CCC12CNC2=O. The fraction of sp³-hybridized carbons (Fsp3) is 0.769. The molecule has 2 saturated heterocycles. The third-order valence-electron chi connectivity index (χ3n) is 4.45. The third kappa shape index (κ3) is 2.49. The summed E-state index contributed by atoms with van der Waals surface area (Å²) in [5.74, 6) is -1.21. The first-order chi connectivity index (χ1) is 9.83. The van der Waals surface area contributed by atoms with Crippen molar-refractivity contribution in [2.45, 2.75) is 50.4 Å². The van der Waals surface area contributed by atoms with Gasteiger partial charge in [0.2, 0.25) is 17.7 Å². The molecule has 2 rings (SSSR count). The molecule has 2 heterocycles. The Morgan fingerprint density at radius 2 is 2.29 bits per heavy atom. The predicted molar refractivity (Wildman–Crippen MR) is 73.9 cm³/mol. The first-order valence-electron chi connectivity index (χ1n) is 7.16. The van der Waals surface area contributed by atoms with Gasteiger partial charge in [-0.25, -0.2) is 0 Å². The van der Waals surface area contributed by atoms with E-state index in [1.165, 1.54) is 6.92 Å². The van der Waals surface area contributed by atoms with E-state index in [-0.39, 0.29) is 11.8 Å². The maximum absolute atomic E-state index is 12.4. The molecular formula is C13H22N4O4. The van der Waals surface area contributed by atoms with Crippen molar-refractivity contribution in [1.82, 2.24) is 15.5 Å². The quantitative estimate of drug-likeness (QED) is 0.424. The van der Waals surface area contributed by atoms with Crippen LogP contribution in [0.4, 0.5) is 0 Å². The lowest BCUT2D eigenvalue weighted by Gasteiger charge is -2.45. The number of amides is 3. The van der Waals surface area contributed by atoms with Gasteiger partial charge in [-0.15, -0.1) is 0 Å². The molecule has 118 valence electrons. The molecule has 2 fully saturated rings. The number of aliphatic hydroxyl groups is 1. The van der Waals surface area contributed by atoms with E-state index in [0.29, 0.717) is 25.9 Å². The number of hydrogen-bond donors (Lipinski definition) is 4. The predicted octanol–water partition coefficient (Wildman–Crippen LogP) is -2.31. The van der Waals surface area contributed by atoms with Gasteiger partial charge >= 0.3 is 0 Å². The number of nitrogens with one attached hydrogen (secondary N) is 2. The second-order valence-electron chi connectivity index (χ2n) is 5.68. The molecule has 4 atom stereocenters. The normalized spacial score (nSPS) is 31.4. The summed E-state index contributed by atoms with van der Waals surface area (Å²) in [6.45, 7) is 4.38. The van der Waals surface area contributed by atoms with Crippen LogP contribution in [0.5, 0.6) is 0 Å². The van der Waals surface area contributed by atoms with Crippen molar-refractivity contribution in [3.63, 3.8) is 0 Å². The molecule has 5 N–H and O–H groups in total. The molecular weight excluding hydrogens is 276 g/mol. The second kappa shape index (κ2) is 5.61. The van der Waals surface area contributed by atoms with Gasteiger partial charge in [0.25, 0.3) is 0 Å². The van der Waals surface area contributed by atoms with Crippen LogP contribution in [0, 0.1) is 0 Å². The Kier molecular flexibility index (Phi) is 4.20. The highest BCUT2D eigenvalue weighted by molar-refractivity contribution is 5.95. The van der Waals surface area contributed by atoms with Crippen molar-refractivity contribution < 1.29 is 19.5 Å². The molecule has 21 heavy (non-hydrogen) atoms. The van der Waals surface area contributed by atoms with E-state index in [1.807, 2.05) is 11.8 Å². The summed E-state index contributed by atoms with van der Waals surface area (Å²) in [7, 11) is 0. The van der Waals surface area contributed by atoms with Crippen LogP contribution >= 0.6 is 0 Å². The minimum absolute atomic E-state index is 0.0540. The van der Waals surface area contributed by atoms with E-state index in [1.54, 1.807) is 0 Å². The van der Waals surface area contributed by atoms with E-state index in [9.17, 15) is 19.5 Å². The number of rotatable bonds is 5. The Morgan fingerprint density at radius 1 is 1.62 bits per heavy atom. The van der Waals surface area contributed by atoms with Crippen molar-refractivity contribution in [2.24, 2.45) is 5.73 Å². The zero-order valence-corrected chi connectivity index (χ0v) is 12.3. The van der Waals surface area contributed by atoms with Gasteiger partial charge < -0.3 is 21.5 Å². The number of carbonyl (C=O) groups excluding carboxylic acids is 3. The number of primary amides is 1. The maximum atomic E-state index is 12.4. The van der Waals surface area contributed by atoms with Crippen LogP contribution in [0.15, 0.2) is 0 Å². The van der Waals surface area contributed by atoms with Gasteiger partial charge in [0.1, 0.15) is 11.6 Å². The molecule has 0 aromatic carbocycles.